The van der Waals surface area contributed by atoms with Crippen molar-refractivity contribution < 1.29 is 42.9 Å². The molecule has 0 aliphatic rings. The van der Waals surface area contributed by atoms with Gasteiger partial charge in [-0.15, -0.1) is 0 Å². The summed E-state index contributed by atoms with van der Waals surface area (Å²) in [4.78, 5) is 30.3. The number of hydrogen-bond acceptors (Lipinski definition) is 9. The Bertz CT molecular complexity index is 258. The Morgan fingerprint density at radius 1 is 1.13 bits per heavy atom. The monoisotopic (exact) mass is 289 g/mol. The molecule has 0 saturated carbocycles. The van der Waals surface area contributed by atoms with Gasteiger partial charge in [0.15, 0.2) is 0 Å². The SMILES string of the molecule is O=P([O-])([O-])OP(=O)([O-])OC(CO)CO.[Ca+2]. The average Bonchev–Trinajstić information content (AvgIpc) is 1.95. The molecule has 0 fully saturated rings. The largest absolute Gasteiger partial charge is 2.00 e. The number of phosphoric acid groups is 2. The maximum absolute atomic E-state index is 10.6. The summed E-state index contributed by atoms with van der Waals surface area (Å²) in [7, 11) is -11.1. The summed E-state index contributed by atoms with van der Waals surface area (Å²) < 4.78 is 27.3. The van der Waals surface area contributed by atoms with Crippen LogP contribution in [0.3, 0.4) is 0 Å². The van der Waals surface area contributed by atoms with Crippen molar-refractivity contribution in [2.75, 3.05) is 13.2 Å². The van der Waals surface area contributed by atoms with Crippen molar-refractivity contribution in [3.63, 3.8) is 0 Å². The Morgan fingerprint density at radius 3 is 1.80 bits per heavy atom. The molecule has 0 aliphatic carbocycles. The van der Waals surface area contributed by atoms with Crippen molar-refractivity contribution in [1.29, 1.82) is 0 Å². The Labute approximate surface area is 115 Å². The third-order valence-corrected chi connectivity index (χ3v) is 3.04. The fourth-order valence-electron chi connectivity index (χ4n) is 0.449. The molecule has 0 aromatic rings. The molecule has 0 amide bonds. The van der Waals surface area contributed by atoms with Crippen LogP contribution < -0.4 is 14.7 Å². The van der Waals surface area contributed by atoms with E-state index in [1.807, 2.05) is 0 Å². The van der Waals surface area contributed by atoms with E-state index >= 15 is 0 Å². The van der Waals surface area contributed by atoms with E-state index in [4.69, 9.17) is 10.2 Å². The van der Waals surface area contributed by atoms with Crippen LogP contribution in [0, 0.1) is 0 Å². The van der Waals surface area contributed by atoms with Crippen molar-refractivity contribution >= 4 is 53.4 Å². The maximum atomic E-state index is 10.6. The van der Waals surface area contributed by atoms with Crippen LogP contribution in [0.1, 0.15) is 0 Å². The van der Waals surface area contributed by atoms with E-state index in [2.05, 4.69) is 8.83 Å². The van der Waals surface area contributed by atoms with Crippen LogP contribution in [0.25, 0.3) is 0 Å². The third kappa shape index (κ3) is 10.3. The summed E-state index contributed by atoms with van der Waals surface area (Å²) in [6.07, 6.45) is -1.56. The van der Waals surface area contributed by atoms with Crippen LogP contribution in [-0.4, -0.2) is 67.3 Å². The molecule has 15 heavy (non-hydrogen) atoms. The van der Waals surface area contributed by atoms with Crippen molar-refractivity contribution in [1.82, 2.24) is 0 Å². The van der Waals surface area contributed by atoms with Crippen LogP contribution >= 0.6 is 15.6 Å². The molecule has 1 unspecified atom stereocenters. The van der Waals surface area contributed by atoms with E-state index in [0.29, 0.717) is 0 Å². The van der Waals surface area contributed by atoms with E-state index in [9.17, 15) is 23.8 Å². The molecule has 1 atom stereocenters. The van der Waals surface area contributed by atoms with Gasteiger partial charge in [0.1, 0.15) is 6.10 Å². The van der Waals surface area contributed by atoms with Crippen LogP contribution in [-0.2, 0) is 18.0 Å². The average molecular weight is 289 g/mol. The van der Waals surface area contributed by atoms with Crippen LogP contribution in [0.2, 0.25) is 0 Å². The van der Waals surface area contributed by atoms with Crippen LogP contribution in [0.5, 0.6) is 0 Å². The smallest absolute Gasteiger partial charge is 0.790 e. The molecule has 0 bridgehead atoms. The molecular formula is C3H7CaO9P2-. The molecule has 2 N–H and O–H groups in total. The van der Waals surface area contributed by atoms with E-state index < -0.39 is 35.0 Å². The van der Waals surface area contributed by atoms with Crippen molar-refractivity contribution in [3.8, 4) is 0 Å². The summed E-state index contributed by atoms with van der Waals surface area (Å²) in [5.41, 5.74) is 0. The quantitative estimate of drug-likeness (QED) is 0.370. The number of rotatable bonds is 6. The number of hydrogen-bond donors (Lipinski definition) is 2. The Morgan fingerprint density at radius 2 is 1.53 bits per heavy atom. The van der Waals surface area contributed by atoms with Gasteiger partial charge in [0.2, 0.25) is 0 Å². The molecule has 0 saturated heterocycles. The van der Waals surface area contributed by atoms with Gasteiger partial charge in [-0.05, 0) is 0 Å². The minimum atomic E-state index is -5.73. The molecule has 0 aliphatic heterocycles. The Kier molecular flexibility index (Phi) is 9.66. The molecule has 0 rings (SSSR count). The molecule has 0 spiro atoms. The zero-order valence-electron chi connectivity index (χ0n) is 7.35. The predicted octanol–water partition coefficient (Wildman–Crippen LogP) is -3.71. The molecule has 86 valence electrons. The minimum absolute atomic E-state index is 0. The summed E-state index contributed by atoms with van der Waals surface area (Å²) in [6, 6.07) is 0. The van der Waals surface area contributed by atoms with Crippen molar-refractivity contribution in [3.05, 3.63) is 0 Å². The van der Waals surface area contributed by atoms with Gasteiger partial charge in [-0.2, -0.15) is 0 Å². The number of aliphatic hydroxyl groups excluding tert-OH is 2. The fourth-order valence-corrected chi connectivity index (χ4v) is 2.08. The summed E-state index contributed by atoms with van der Waals surface area (Å²) in [5, 5.41) is 16.7. The molecule has 12 heteroatoms. The van der Waals surface area contributed by atoms with Gasteiger partial charge in [-0.1, -0.05) is 0 Å². The van der Waals surface area contributed by atoms with Gasteiger partial charge in [0, 0.05) is 0 Å². The predicted molar refractivity (Wildman–Crippen MR) is 41.1 cm³/mol. The van der Waals surface area contributed by atoms with Gasteiger partial charge >= 0.3 is 37.7 Å². The normalized spacial score (nSPS) is 15.9. The zero-order valence-corrected chi connectivity index (χ0v) is 11.3. The van der Waals surface area contributed by atoms with E-state index in [-0.39, 0.29) is 37.7 Å². The first kappa shape index (κ1) is 18.8. The van der Waals surface area contributed by atoms with Crippen LogP contribution in [0.4, 0.5) is 0 Å². The molecule has 0 heterocycles. The Balaban J connectivity index is 0. The Hall–Kier alpha value is 1.44. The second-order valence-corrected chi connectivity index (χ2v) is 4.72. The summed E-state index contributed by atoms with van der Waals surface area (Å²) >= 11 is 0. The summed E-state index contributed by atoms with van der Waals surface area (Å²) in [5.74, 6) is 0. The third-order valence-electron chi connectivity index (χ3n) is 0.885. The van der Waals surface area contributed by atoms with Gasteiger partial charge in [0.05, 0.1) is 21.0 Å². The first-order chi connectivity index (χ1) is 6.20. The molecule has 0 aromatic carbocycles. The first-order valence-electron chi connectivity index (χ1n) is 3.15. The second kappa shape index (κ2) is 7.71. The minimum Gasteiger partial charge on any atom is -0.790 e. The summed E-state index contributed by atoms with van der Waals surface area (Å²) in [6.45, 7) is -1.76. The van der Waals surface area contributed by atoms with E-state index in [1.54, 1.807) is 0 Å². The van der Waals surface area contributed by atoms with Gasteiger partial charge in [-0.3, -0.25) is 8.88 Å². The standard InChI is InChI=1S/C3H10O9P2.Ca/c4-1-3(2-5)11-14(9,10)12-13(6,7)8;/h3-5H,1-2H2,(H,9,10)(H2,6,7,8);/q;+2/p-3. The number of phosphoric ester groups is 1. The molecular weight excluding hydrogens is 282 g/mol. The zero-order chi connectivity index (χ0) is 11.4. The molecule has 0 aromatic heterocycles. The van der Waals surface area contributed by atoms with Crippen molar-refractivity contribution in [2.45, 2.75) is 6.10 Å². The van der Waals surface area contributed by atoms with Crippen LogP contribution in [0.15, 0.2) is 0 Å². The molecule has 0 radical (unpaired) electrons. The van der Waals surface area contributed by atoms with E-state index in [0.717, 1.165) is 0 Å². The van der Waals surface area contributed by atoms with Gasteiger partial charge in [-0.25, -0.2) is 0 Å². The fraction of sp³-hybridized carbons (Fsp3) is 1.00. The molecule has 9 nitrogen and oxygen atoms in total. The topological polar surface area (TPSA) is 162 Å². The number of aliphatic hydroxyl groups is 2. The second-order valence-electron chi connectivity index (χ2n) is 2.07. The van der Waals surface area contributed by atoms with Gasteiger partial charge in [0.25, 0.3) is 7.82 Å². The first-order valence-corrected chi connectivity index (χ1v) is 6.07. The maximum Gasteiger partial charge on any atom is 2.00 e. The van der Waals surface area contributed by atoms with E-state index in [1.165, 1.54) is 0 Å². The van der Waals surface area contributed by atoms with Gasteiger partial charge < -0.3 is 34.0 Å². The van der Waals surface area contributed by atoms with Crippen molar-refractivity contribution in [2.24, 2.45) is 0 Å².